The lowest BCUT2D eigenvalue weighted by Gasteiger charge is -2.06. The third-order valence-electron chi connectivity index (χ3n) is 3.56. The van der Waals surface area contributed by atoms with Gasteiger partial charge >= 0.3 is 5.97 Å². The van der Waals surface area contributed by atoms with Crippen molar-refractivity contribution in [3.05, 3.63) is 66.5 Å². The molecule has 0 aliphatic heterocycles. The summed E-state index contributed by atoms with van der Waals surface area (Å²) < 4.78 is 4.64. The molecule has 0 atom stereocenters. The van der Waals surface area contributed by atoms with E-state index in [1.54, 1.807) is 36.7 Å². The second kappa shape index (κ2) is 8.91. The van der Waals surface area contributed by atoms with Gasteiger partial charge < -0.3 is 10.1 Å². The topological polar surface area (TPSA) is 94.1 Å². The van der Waals surface area contributed by atoms with Crippen LogP contribution in [0.4, 0.5) is 5.69 Å². The van der Waals surface area contributed by atoms with Crippen molar-refractivity contribution < 1.29 is 14.3 Å². The van der Waals surface area contributed by atoms with E-state index in [1.165, 1.54) is 18.9 Å². The number of amides is 1. The average Bonchev–Trinajstić information content (AvgIpc) is 2.73. The van der Waals surface area contributed by atoms with Crippen LogP contribution in [0.2, 0.25) is 0 Å². The summed E-state index contributed by atoms with van der Waals surface area (Å²) in [6.07, 6.45) is 3.39. The van der Waals surface area contributed by atoms with Crippen LogP contribution in [0.3, 0.4) is 0 Å². The molecular weight excluding hydrogens is 364 g/mol. The van der Waals surface area contributed by atoms with Crippen LogP contribution in [0.15, 0.2) is 66.0 Å². The maximum atomic E-state index is 12.1. The first kappa shape index (κ1) is 18.5. The zero-order valence-electron chi connectivity index (χ0n) is 14.5. The zero-order chi connectivity index (χ0) is 19.1. The summed E-state index contributed by atoms with van der Waals surface area (Å²) in [5, 5.41) is 11.7. The number of esters is 1. The van der Waals surface area contributed by atoms with Crippen LogP contribution in [0, 0.1) is 0 Å². The number of anilines is 1. The summed E-state index contributed by atoms with van der Waals surface area (Å²) in [6, 6.07) is 13.9. The average molecular weight is 380 g/mol. The Bertz CT molecular complexity index is 916. The predicted molar refractivity (Wildman–Crippen MR) is 102 cm³/mol. The first-order valence-corrected chi connectivity index (χ1v) is 8.99. The van der Waals surface area contributed by atoms with Crippen LogP contribution < -0.4 is 5.32 Å². The smallest absolute Gasteiger partial charge is 0.337 e. The van der Waals surface area contributed by atoms with Crippen molar-refractivity contribution in [3.63, 3.8) is 0 Å². The number of ether oxygens (including phenoxy) is 1. The Morgan fingerprint density at radius 1 is 1.00 bits per heavy atom. The predicted octanol–water partition coefficient (Wildman–Crippen LogP) is 3.06. The molecule has 3 rings (SSSR count). The Balaban J connectivity index is 1.52. The summed E-state index contributed by atoms with van der Waals surface area (Å²) >= 11 is 1.29. The molecule has 0 bridgehead atoms. The lowest BCUT2D eigenvalue weighted by molar-refractivity contribution is -0.113. The normalized spacial score (nSPS) is 10.3. The van der Waals surface area contributed by atoms with Gasteiger partial charge in [0.1, 0.15) is 5.03 Å². The minimum atomic E-state index is -0.419. The molecule has 2 heterocycles. The molecule has 1 aromatic carbocycles. The summed E-state index contributed by atoms with van der Waals surface area (Å²) in [5.74, 6) is -0.398. The molecule has 7 nitrogen and oxygen atoms in total. The van der Waals surface area contributed by atoms with Crippen LogP contribution in [-0.4, -0.2) is 39.9 Å². The van der Waals surface area contributed by atoms with Crippen LogP contribution >= 0.6 is 11.8 Å². The van der Waals surface area contributed by atoms with Gasteiger partial charge in [-0.25, -0.2) is 4.79 Å². The minimum Gasteiger partial charge on any atom is -0.465 e. The van der Waals surface area contributed by atoms with E-state index in [1.807, 2.05) is 24.3 Å². The third kappa shape index (κ3) is 5.11. The highest BCUT2D eigenvalue weighted by molar-refractivity contribution is 7.99. The van der Waals surface area contributed by atoms with Gasteiger partial charge in [-0.1, -0.05) is 11.8 Å². The van der Waals surface area contributed by atoms with Crippen molar-refractivity contribution in [3.8, 4) is 11.3 Å². The number of carbonyl (C=O) groups excluding carboxylic acids is 2. The number of rotatable bonds is 6. The molecule has 0 unspecified atom stereocenters. The van der Waals surface area contributed by atoms with Crippen LogP contribution in [0.25, 0.3) is 11.3 Å². The maximum Gasteiger partial charge on any atom is 0.337 e. The lowest BCUT2D eigenvalue weighted by atomic mass is 10.2. The Morgan fingerprint density at radius 2 is 1.74 bits per heavy atom. The highest BCUT2D eigenvalue weighted by Gasteiger charge is 2.08. The fourth-order valence-electron chi connectivity index (χ4n) is 2.22. The number of nitrogens with zero attached hydrogens (tertiary/aromatic N) is 3. The number of benzene rings is 1. The quantitative estimate of drug-likeness (QED) is 0.519. The molecule has 8 heteroatoms. The van der Waals surface area contributed by atoms with Crippen molar-refractivity contribution in [2.24, 2.45) is 0 Å². The van der Waals surface area contributed by atoms with E-state index in [9.17, 15) is 9.59 Å². The molecule has 0 saturated heterocycles. The van der Waals surface area contributed by atoms with Gasteiger partial charge in [0.15, 0.2) is 0 Å². The molecular formula is C19H16N4O3S. The van der Waals surface area contributed by atoms with Crippen LogP contribution in [0.1, 0.15) is 10.4 Å². The summed E-state index contributed by atoms with van der Waals surface area (Å²) in [7, 11) is 1.32. The standard InChI is InChI=1S/C19H16N4O3S/c1-26-19(25)14-2-4-15(5-3-14)21-17(24)12-27-18-7-6-16(22-23-18)13-8-10-20-11-9-13/h2-11H,12H2,1H3,(H,21,24). The molecule has 0 radical (unpaired) electrons. The molecule has 27 heavy (non-hydrogen) atoms. The second-order valence-electron chi connectivity index (χ2n) is 5.40. The molecule has 1 N–H and O–H groups in total. The van der Waals surface area contributed by atoms with Gasteiger partial charge in [0.25, 0.3) is 0 Å². The van der Waals surface area contributed by atoms with Crippen molar-refractivity contribution in [2.75, 3.05) is 18.2 Å². The third-order valence-corrected chi connectivity index (χ3v) is 4.48. The van der Waals surface area contributed by atoms with E-state index in [4.69, 9.17) is 0 Å². The van der Waals surface area contributed by atoms with E-state index in [0.29, 0.717) is 16.3 Å². The summed E-state index contributed by atoms with van der Waals surface area (Å²) in [4.78, 5) is 27.4. The molecule has 0 aliphatic rings. The van der Waals surface area contributed by atoms with E-state index in [2.05, 4.69) is 25.2 Å². The van der Waals surface area contributed by atoms with Crippen molar-refractivity contribution in [2.45, 2.75) is 5.03 Å². The van der Waals surface area contributed by atoms with Crippen LogP contribution in [0.5, 0.6) is 0 Å². The van der Waals surface area contributed by atoms with E-state index in [0.717, 1.165) is 11.3 Å². The van der Waals surface area contributed by atoms with E-state index < -0.39 is 5.97 Å². The van der Waals surface area contributed by atoms with Gasteiger partial charge in [0.05, 0.1) is 24.1 Å². The van der Waals surface area contributed by atoms with Gasteiger partial charge in [-0.3, -0.25) is 9.78 Å². The van der Waals surface area contributed by atoms with Crippen molar-refractivity contribution in [1.29, 1.82) is 0 Å². The minimum absolute atomic E-state index is 0.175. The molecule has 3 aromatic rings. The Labute approximate surface area is 160 Å². The van der Waals surface area contributed by atoms with E-state index in [-0.39, 0.29) is 11.7 Å². The van der Waals surface area contributed by atoms with E-state index >= 15 is 0 Å². The zero-order valence-corrected chi connectivity index (χ0v) is 15.3. The molecule has 0 fully saturated rings. The SMILES string of the molecule is COC(=O)c1ccc(NC(=O)CSc2ccc(-c3ccncc3)nn2)cc1. The van der Waals surface area contributed by atoms with Gasteiger partial charge in [-0.05, 0) is 48.5 Å². The first-order valence-electron chi connectivity index (χ1n) is 8.01. The largest absolute Gasteiger partial charge is 0.465 e. The summed E-state index contributed by atoms with van der Waals surface area (Å²) in [6.45, 7) is 0. The summed E-state index contributed by atoms with van der Waals surface area (Å²) in [5.41, 5.74) is 2.71. The molecule has 0 saturated carbocycles. The monoisotopic (exact) mass is 380 g/mol. The molecule has 1 amide bonds. The number of pyridine rings is 1. The first-order chi connectivity index (χ1) is 13.2. The number of hydrogen-bond donors (Lipinski definition) is 1. The number of hydrogen-bond acceptors (Lipinski definition) is 7. The van der Waals surface area contributed by atoms with Crippen molar-refractivity contribution >= 4 is 29.3 Å². The number of carbonyl (C=O) groups is 2. The lowest BCUT2D eigenvalue weighted by Crippen LogP contribution is -2.14. The second-order valence-corrected chi connectivity index (χ2v) is 6.39. The fourth-order valence-corrected chi connectivity index (χ4v) is 2.83. The van der Waals surface area contributed by atoms with Gasteiger partial charge in [-0.2, -0.15) is 0 Å². The number of aromatic nitrogens is 3. The Hall–Kier alpha value is -3.26. The molecule has 136 valence electrons. The number of methoxy groups -OCH3 is 1. The Kier molecular flexibility index (Phi) is 6.11. The molecule has 0 aliphatic carbocycles. The number of nitrogens with one attached hydrogen (secondary N) is 1. The molecule has 2 aromatic heterocycles. The van der Waals surface area contributed by atoms with Gasteiger partial charge in [0.2, 0.25) is 5.91 Å². The highest BCUT2D eigenvalue weighted by atomic mass is 32.2. The Morgan fingerprint density at radius 3 is 2.37 bits per heavy atom. The highest BCUT2D eigenvalue weighted by Crippen LogP contribution is 2.19. The van der Waals surface area contributed by atoms with Gasteiger partial charge in [-0.15, -0.1) is 10.2 Å². The fraction of sp³-hybridized carbons (Fsp3) is 0.105. The van der Waals surface area contributed by atoms with Crippen molar-refractivity contribution in [1.82, 2.24) is 15.2 Å². The molecule has 0 spiro atoms. The number of thioether (sulfide) groups is 1. The maximum absolute atomic E-state index is 12.1. The van der Waals surface area contributed by atoms with Crippen LogP contribution in [-0.2, 0) is 9.53 Å². The van der Waals surface area contributed by atoms with Gasteiger partial charge in [0, 0.05) is 23.6 Å².